The van der Waals surface area contributed by atoms with Crippen molar-refractivity contribution in [1.29, 1.82) is 0 Å². The number of benzene rings is 1. The molecule has 0 heterocycles. The Hall–Kier alpha value is -2.39. The number of anilines is 1. The topological polar surface area (TPSA) is 67.5 Å². The van der Waals surface area contributed by atoms with Gasteiger partial charge in [-0.05, 0) is 44.1 Å². The Morgan fingerprint density at radius 2 is 2.10 bits per heavy atom. The summed E-state index contributed by atoms with van der Waals surface area (Å²) in [4.78, 5) is 10.6. The second-order valence-electron chi connectivity index (χ2n) is 5.76. The van der Waals surface area contributed by atoms with E-state index in [1.807, 2.05) is 40.7 Å². The maximum absolute atomic E-state index is 11.0. The molecule has 0 unspecified atom stereocenters. The monoisotopic (exact) mass is 287 g/mol. The van der Waals surface area contributed by atoms with Crippen molar-refractivity contribution in [2.75, 3.05) is 5.43 Å². The van der Waals surface area contributed by atoms with E-state index >= 15 is 0 Å². The molecule has 0 aliphatic carbocycles. The quantitative estimate of drug-likeness (QED) is 0.376. The van der Waals surface area contributed by atoms with Crippen LogP contribution in [0.5, 0.6) is 0 Å². The molecule has 0 bridgehead atoms. The molecular weight excluding hydrogens is 266 g/mol. The number of rotatable bonds is 5. The van der Waals surface area contributed by atoms with Gasteiger partial charge in [0.15, 0.2) is 0 Å². The minimum Gasteiger partial charge on any atom is -0.272 e. The van der Waals surface area contributed by atoms with Gasteiger partial charge in [-0.3, -0.25) is 15.5 Å². The molecule has 0 saturated heterocycles. The van der Waals surface area contributed by atoms with Gasteiger partial charge in [-0.1, -0.05) is 19.9 Å². The van der Waals surface area contributed by atoms with Crippen molar-refractivity contribution in [3.63, 3.8) is 0 Å². The van der Waals surface area contributed by atoms with E-state index in [9.17, 15) is 10.1 Å². The zero-order valence-corrected chi connectivity index (χ0v) is 13.1. The first-order valence-corrected chi connectivity index (χ1v) is 6.67. The number of aryl methyl sites for hydroxylation is 1. The van der Waals surface area contributed by atoms with Crippen LogP contribution in [0, 0.1) is 22.5 Å². The van der Waals surface area contributed by atoms with Gasteiger partial charge in [0.25, 0.3) is 5.69 Å². The number of nitrogens with one attached hydrogen (secondary N) is 1. The first-order chi connectivity index (χ1) is 9.71. The summed E-state index contributed by atoms with van der Waals surface area (Å²) in [6.07, 6.45) is 3.61. The third kappa shape index (κ3) is 5.63. The van der Waals surface area contributed by atoms with Crippen molar-refractivity contribution in [3.8, 4) is 0 Å². The lowest BCUT2D eigenvalue weighted by molar-refractivity contribution is -0.384. The fourth-order valence-corrected chi connectivity index (χ4v) is 1.52. The molecule has 5 heteroatoms. The molecule has 0 atom stereocenters. The number of hydrazone groups is 1. The fourth-order valence-electron chi connectivity index (χ4n) is 1.52. The Bertz CT molecular complexity index is 620. The lowest BCUT2D eigenvalue weighted by atomic mass is 9.95. The van der Waals surface area contributed by atoms with Crippen LogP contribution in [0.4, 0.5) is 11.4 Å². The summed E-state index contributed by atoms with van der Waals surface area (Å²) in [5.74, 6) is 0. The van der Waals surface area contributed by atoms with E-state index in [0.29, 0.717) is 5.69 Å². The summed E-state index contributed by atoms with van der Waals surface area (Å²) in [5.41, 5.74) is 7.90. The van der Waals surface area contributed by atoms with Crippen LogP contribution < -0.4 is 5.43 Å². The van der Waals surface area contributed by atoms with Gasteiger partial charge >= 0.3 is 0 Å². The van der Waals surface area contributed by atoms with Gasteiger partial charge in [0.2, 0.25) is 0 Å². The van der Waals surface area contributed by atoms with Crippen LogP contribution in [0.1, 0.15) is 33.3 Å². The van der Waals surface area contributed by atoms with E-state index in [4.69, 9.17) is 0 Å². The number of nitro benzene ring substituents is 1. The van der Waals surface area contributed by atoms with Crippen LogP contribution in [0.15, 0.2) is 40.7 Å². The minimum atomic E-state index is -0.418. The van der Waals surface area contributed by atoms with Crippen LogP contribution in [0.3, 0.4) is 0 Å². The number of allylic oxidation sites excluding steroid dienone is 1. The van der Waals surface area contributed by atoms with Gasteiger partial charge in [-0.15, -0.1) is 5.73 Å². The zero-order chi connectivity index (χ0) is 16.0. The van der Waals surface area contributed by atoms with Crippen molar-refractivity contribution in [1.82, 2.24) is 0 Å². The summed E-state index contributed by atoms with van der Waals surface area (Å²) in [6, 6.07) is 4.98. The van der Waals surface area contributed by atoms with Crippen LogP contribution in [0.2, 0.25) is 0 Å². The normalized spacial score (nSPS) is 11.1. The molecule has 0 saturated carbocycles. The van der Waals surface area contributed by atoms with E-state index in [1.54, 1.807) is 18.3 Å². The van der Waals surface area contributed by atoms with Gasteiger partial charge in [-0.2, -0.15) is 5.10 Å². The average molecular weight is 287 g/mol. The molecule has 0 aromatic heterocycles. The molecule has 0 aliphatic heterocycles. The molecule has 21 heavy (non-hydrogen) atoms. The Morgan fingerprint density at radius 3 is 2.67 bits per heavy atom. The van der Waals surface area contributed by atoms with Crippen molar-refractivity contribution in [3.05, 3.63) is 51.3 Å². The molecule has 5 nitrogen and oxygen atoms in total. The molecule has 112 valence electrons. The maximum Gasteiger partial charge on any atom is 0.294 e. The van der Waals surface area contributed by atoms with E-state index < -0.39 is 4.92 Å². The van der Waals surface area contributed by atoms with Gasteiger partial charge in [0.05, 0.1) is 4.92 Å². The molecule has 0 fully saturated rings. The summed E-state index contributed by atoms with van der Waals surface area (Å²) in [7, 11) is 0. The smallest absolute Gasteiger partial charge is 0.272 e. The molecule has 1 N–H and O–H groups in total. The Labute approximate surface area is 125 Å². The van der Waals surface area contributed by atoms with Crippen LogP contribution >= 0.6 is 0 Å². The van der Waals surface area contributed by atoms with Crippen LogP contribution in [-0.4, -0.2) is 11.1 Å². The van der Waals surface area contributed by atoms with E-state index in [0.717, 1.165) is 11.1 Å². The maximum atomic E-state index is 11.0. The Kier molecular flexibility index (Phi) is 5.44. The van der Waals surface area contributed by atoms with Crippen molar-refractivity contribution in [2.45, 2.75) is 34.6 Å². The van der Waals surface area contributed by atoms with Gasteiger partial charge in [0.1, 0.15) is 5.69 Å². The number of hydrogen-bond donors (Lipinski definition) is 1. The van der Waals surface area contributed by atoms with Crippen LogP contribution in [-0.2, 0) is 0 Å². The lowest BCUT2D eigenvalue weighted by Gasteiger charge is -2.12. The summed E-state index contributed by atoms with van der Waals surface area (Å²) in [5, 5.41) is 15.1. The number of nitro groups is 1. The first-order valence-electron chi connectivity index (χ1n) is 6.67. The van der Waals surface area contributed by atoms with E-state index in [2.05, 4.69) is 16.3 Å². The zero-order valence-electron chi connectivity index (χ0n) is 13.1. The van der Waals surface area contributed by atoms with Gasteiger partial charge in [0, 0.05) is 17.7 Å². The second-order valence-corrected chi connectivity index (χ2v) is 5.76. The molecule has 0 aliphatic rings. The predicted octanol–water partition coefficient (Wildman–Crippen LogP) is 4.45. The fraction of sp³-hybridized carbons (Fsp3) is 0.375. The van der Waals surface area contributed by atoms with Crippen molar-refractivity contribution >= 4 is 17.6 Å². The van der Waals surface area contributed by atoms with E-state index in [-0.39, 0.29) is 11.1 Å². The second kappa shape index (κ2) is 6.86. The highest BCUT2D eigenvalue weighted by Gasteiger charge is 2.14. The van der Waals surface area contributed by atoms with Gasteiger partial charge in [-0.25, -0.2) is 0 Å². The highest BCUT2D eigenvalue weighted by molar-refractivity contribution is 5.70. The van der Waals surface area contributed by atoms with Crippen LogP contribution in [0.25, 0.3) is 0 Å². The molecule has 1 aromatic rings. The first kappa shape index (κ1) is 16.7. The summed E-state index contributed by atoms with van der Waals surface area (Å²) >= 11 is 0. The van der Waals surface area contributed by atoms with E-state index in [1.165, 1.54) is 6.07 Å². The predicted molar refractivity (Wildman–Crippen MR) is 86.7 cm³/mol. The molecule has 1 rings (SSSR count). The number of hydrogen-bond acceptors (Lipinski definition) is 4. The third-order valence-corrected chi connectivity index (χ3v) is 2.67. The molecule has 0 spiro atoms. The highest BCUT2D eigenvalue weighted by Crippen LogP contribution is 2.25. The largest absolute Gasteiger partial charge is 0.294 e. The molecule has 0 amide bonds. The minimum absolute atomic E-state index is 0.0183. The van der Waals surface area contributed by atoms with Crippen molar-refractivity contribution in [2.24, 2.45) is 10.5 Å². The summed E-state index contributed by atoms with van der Waals surface area (Å²) in [6.45, 7) is 9.72. The summed E-state index contributed by atoms with van der Waals surface area (Å²) < 4.78 is 0. The molecule has 1 aromatic carbocycles. The van der Waals surface area contributed by atoms with Gasteiger partial charge < -0.3 is 0 Å². The Morgan fingerprint density at radius 1 is 1.43 bits per heavy atom. The highest BCUT2D eigenvalue weighted by atomic mass is 16.6. The standard InChI is InChI=1S/C16H21N3O2/c1-12(2)8-9-16(4,5)11-17-18-14-7-6-13(3)10-15(14)19(20)21/h6-7,9-11,18H,1-5H3/b17-11+. The Balaban J connectivity index is 2.91. The number of nitrogens with zero attached hydrogens (tertiary/aromatic N) is 2. The SMILES string of the molecule is CC(C)=C=CC(C)(C)/C=N/Nc1ccc(C)cc1[N+](=O)[O-]. The van der Waals surface area contributed by atoms with Crippen molar-refractivity contribution < 1.29 is 4.92 Å². The lowest BCUT2D eigenvalue weighted by Crippen LogP contribution is -2.10. The third-order valence-electron chi connectivity index (χ3n) is 2.67. The average Bonchev–Trinajstić information content (AvgIpc) is 2.38. The molecule has 0 radical (unpaired) electrons. The molecular formula is C16H21N3O2.